The van der Waals surface area contributed by atoms with Gasteiger partial charge >= 0.3 is 5.97 Å². The number of hydrogen-bond acceptors (Lipinski definition) is 5. The van der Waals surface area contributed by atoms with Crippen LogP contribution in [-0.2, 0) is 14.3 Å². The third-order valence-electron chi connectivity index (χ3n) is 12.7. The van der Waals surface area contributed by atoms with Crippen molar-refractivity contribution in [2.45, 2.75) is 302 Å². The minimum absolute atomic E-state index is 0.00391. The summed E-state index contributed by atoms with van der Waals surface area (Å²) in [5.74, 6) is -0.0516. The number of esters is 1. The van der Waals surface area contributed by atoms with E-state index in [2.05, 4.69) is 55.6 Å². The maximum atomic E-state index is 12.4. The first-order chi connectivity index (χ1) is 31.0. The summed E-state index contributed by atoms with van der Waals surface area (Å²) in [4.78, 5) is 24.5. The highest BCUT2D eigenvalue weighted by molar-refractivity contribution is 5.76. The van der Waals surface area contributed by atoms with Crippen molar-refractivity contribution in [2.24, 2.45) is 0 Å². The summed E-state index contributed by atoms with van der Waals surface area (Å²) in [7, 11) is 0. The second kappa shape index (κ2) is 52.7. The lowest BCUT2D eigenvalue weighted by atomic mass is 10.0. The number of ether oxygens (including phenoxy) is 1. The standard InChI is InChI=1S/C57H107NO5/c1-3-5-7-9-11-13-14-15-16-17-22-25-28-31-35-39-43-47-51-57(62)63-52-48-44-40-36-32-29-26-23-20-18-19-21-24-27-30-34-38-42-46-50-56(61)58-54(53-59)55(60)49-45-41-37-33-12-10-8-6-4-2/h13-14,16-19,54-55,59-60H,3-12,15,20-53H2,1-2H3,(H,58,61)/b14-13-,17-16-,19-18-. The molecule has 1 amide bonds. The van der Waals surface area contributed by atoms with Crippen LogP contribution in [0.15, 0.2) is 36.5 Å². The fourth-order valence-electron chi connectivity index (χ4n) is 8.37. The smallest absolute Gasteiger partial charge is 0.305 e. The molecule has 0 fully saturated rings. The fraction of sp³-hybridized carbons (Fsp3) is 0.860. The number of aliphatic hydroxyl groups excluding tert-OH is 2. The zero-order valence-electron chi connectivity index (χ0n) is 42.1. The van der Waals surface area contributed by atoms with Crippen LogP contribution in [0.25, 0.3) is 0 Å². The number of unbranched alkanes of at least 4 members (excludes halogenated alkanes) is 34. The summed E-state index contributed by atoms with van der Waals surface area (Å²) < 4.78 is 5.48. The number of carbonyl (C=O) groups excluding carboxylic acids is 2. The molecule has 370 valence electrons. The first-order valence-electron chi connectivity index (χ1n) is 27.7. The first kappa shape index (κ1) is 61.1. The monoisotopic (exact) mass is 886 g/mol. The molecule has 0 aliphatic rings. The highest BCUT2D eigenvalue weighted by atomic mass is 16.5. The molecule has 0 rings (SSSR count). The van der Waals surface area contributed by atoms with E-state index >= 15 is 0 Å². The van der Waals surface area contributed by atoms with Crippen LogP contribution in [0.2, 0.25) is 0 Å². The molecule has 6 heteroatoms. The molecule has 0 bridgehead atoms. The zero-order valence-corrected chi connectivity index (χ0v) is 42.1. The molecule has 0 saturated heterocycles. The van der Waals surface area contributed by atoms with Crippen LogP contribution in [0.4, 0.5) is 0 Å². The summed E-state index contributed by atoms with van der Waals surface area (Å²) >= 11 is 0. The Balaban J connectivity index is 3.41. The number of hydrogen-bond donors (Lipinski definition) is 3. The van der Waals surface area contributed by atoms with Gasteiger partial charge in [-0.2, -0.15) is 0 Å². The van der Waals surface area contributed by atoms with E-state index in [0.717, 1.165) is 51.4 Å². The number of allylic oxidation sites excluding steroid dienone is 6. The summed E-state index contributed by atoms with van der Waals surface area (Å²) in [6.07, 6.45) is 64.2. The largest absolute Gasteiger partial charge is 0.466 e. The molecule has 0 spiro atoms. The Morgan fingerprint density at radius 1 is 0.444 bits per heavy atom. The van der Waals surface area contributed by atoms with Crippen LogP contribution >= 0.6 is 0 Å². The second-order valence-electron chi connectivity index (χ2n) is 18.9. The van der Waals surface area contributed by atoms with E-state index in [4.69, 9.17) is 4.74 Å². The first-order valence-corrected chi connectivity index (χ1v) is 27.7. The van der Waals surface area contributed by atoms with Crippen molar-refractivity contribution in [3.8, 4) is 0 Å². The molecule has 63 heavy (non-hydrogen) atoms. The molecular weight excluding hydrogens is 779 g/mol. The van der Waals surface area contributed by atoms with Gasteiger partial charge in [-0.3, -0.25) is 9.59 Å². The van der Waals surface area contributed by atoms with Crippen molar-refractivity contribution in [1.82, 2.24) is 5.32 Å². The van der Waals surface area contributed by atoms with Crippen molar-refractivity contribution in [3.63, 3.8) is 0 Å². The number of amides is 1. The molecule has 0 aliphatic heterocycles. The number of aliphatic hydroxyl groups is 2. The maximum Gasteiger partial charge on any atom is 0.305 e. The van der Waals surface area contributed by atoms with Crippen LogP contribution in [0.1, 0.15) is 290 Å². The van der Waals surface area contributed by atoms with Crippen LogP contribution < -0.4 is 5.32 Å². The van der Waals surface area contributed by atoms with Crippen LogP contribution in [0.3, 0.4) is 0 Å². The SMILES string of the molecule is CCCCCC/C=C\C/C=C\CCCCCCCCCC(=O)OCCCCCCCCCC/C=C\CCCCCCCCCC(=O)NC(CO)C(O)CCCCCCCCCCC. The van der Waals surface area contributed by atoms with Crippen molar-refractivity contribution in [1.29, 1.82) is 0 Å². The third kappa shape index (κ3) is 49.4. The third-order valence-corrected chi connectivity index (χ3v) is 12.7. The molecule has 3 N–H and O–H groups in total. The van der Waals surface area contributed by atoms with E-state index in [-0.39, 0.29) is 18.5 Å². The number of rotatable bonds is 51. The van der Waals surface area contributed by atoms with Crippen molar-refractivity contribution < 1.29 is 24.5 Å². The molecule has 0 aromatic rings. The van der Waals surface area contributed by atoms with Crippen molar-refractivity contribution in [3.05, 3.63) is 36.5 Å². The zero-order chi connectivity index (χ0) is 45.8. The fourth-order valence-corrected chi connectivity index (χ4v) is 8.37. The Morgan fingerprint density at radius 2 is 0.794 bits per heavy atom. The molecule has 0 aromatic carbocycles. The van der Waals surface area contributed by atoms with Gasteiger partial charge in [-0.25, -0.2) is 0 Å². The lowest BCUT2D eigenvalue weighted by Gasteiger charge is -2.22. The van der Waals surface area contributed by atoms with E-state index in [1.165, 1.54) is 205 Å². The van der Waals surface area contributed by atoms with Gasteiger partial charge in [0, 0.05) is 12.8 Å². The minimum atomic E-state index is -0.668. The average Bonchev–Trinajstić information content (AvgIpc) is 3.28. The number of carbonyl (C=O) groups is 2. The number of nitrogens with one attached hydrogen (secondary N) is 1. The van der Waals surface area contributed by atoms with Crippen LogP contribution in [-0.4, -0.2) is 47.4 Å². The Morgan fingerprint density at radius 3 is 1.24 bits per heavy atom. The summed E-state index contributed by atoms with van der Waals surface area (Å²) in [6, 6.07) is -0.547. The maximum absolute atomic E-state index is 12.4. The van der Waals surface area contributed by atoms with Crippen LogP contribution in [0, 0.1) is 0 Å². The Hall–Kier alpha value is -1.92. The van der Waals surface area contributed by atoms with Gasteiger partial charge in [0.25, 0.3) is 0 Å². The van der Waals surface area contributed by atoms with E-state index < -0.39 is 12.1 Å². The molecule has 0 radical (unpaired) electrons. The van der Waals surface area contributed by atoms with Crippen molar-refractivity contribution >= 4 is 11.9 Å². The van der Waals surface area contributed by atoms with Gasteiger partial charge in [0.1, 0.15) is 0 Å². The van der Waals surface area contributed by atoms with Gasteiger partial charge in [-0.05, 0) is 83.5 Å². The molecule has 0 aliphatic carbocycles. The highest BCUT2D eigenvalue weighted by Gasteiger charge is 2.20. The highest BCUT2D eigenvalue weighted by Crippen LogP contribution is 2.16. The topological polar surface area (TPSA) is 95.9 Å². The van der Waals surface area contributed by atoms with E-state index in [9.17, 15) is 19.8 Å². The quantitative estimate of drug-likeness (QED) is 0.0321. The van der Waals surface area contributed by atoms with Gasteiger partial charge < -0.3 is 20.3 Å². The molecule has 6 nitrogen and oxygen atoms in total. The van der Waals surface area contributed by atoms with E-state index in [1.54, 1.807) is 0 Å². The lowest BCUT2D eigenvalue weighted by molar-refractivity contribution is -0.143. The Kier molecular flexibility index (Phi) is 51.1. The lowest BCUT2D eigenvalue weighted by Crippen LogP contribution is -2.45. The Labute approximate surface area is 392 Å². The second-order valence-corrected chi connectivity index (χ2v) is 18.9. The normalized spacial score (nSPS) is 12.9. The molecule has 0 aromatic heterocycles. The van der Waals surface area contributed by atoms with Gasteiger partial charge in [-0.1, -0.05) is 230 Å². The molecule has 0 saturated carbocycles. The minimum Gasteiger partial charge on any atom is -0.466 e. The summed E-state index contributed by atoms with van der Waals surface area (Å²) in [6.45, 7) is 4.90. The average molecular weight is 886 g/mol. The molecule has 2 atom stereocenters. The molecular formula is C57H107NO5. The predicted octanol–water partition coefficient (Wildman–Crippen LogP) is 16.9. The molecule has 0 heterocycles. The van der Waals surface area contributed by atoms with Gasteiger partial charge in [0.2, 0.25) is 5.91 Å². The Bertz CT molecular complexity index is 1020. The van der Waals surface area contributed by atoms with Gasteiger partial charge in [0.05, 0.1) is 25.4 Å². The predicted molar refractivity (Wildman–Crippen MR) is 273 cm³/mol. The van der Waals surface area contributed by atoms with E-state index in [1.807, 2.05) is 0 Å². The molecule has 2 unspecified atom stereocenters. The van der Waals surface area contributed by atoms with E-state index in [0.29, 0.717) is 25.9 Å². The van der Waals surface area contributed by atoms with Crippen LogP contribution in [0.5, 0.6) is 0 Å². The summed E-state index contributed by atoms with van der Waals surface area (Å²) in [5.41, 5.74) is 0. The summed E-state index contributed by atoms with van der Waals surface area (Å²) in [5, 5.41) is 23.1. The van der Waals surface area contributed by atoms with Gasteiger partial charge in [0.15, 0.2) is 0 Å². The van der Waals surface area contributed by atoms with Gasteiger partial charge in [-0.15, -0.1) is 0 Å². The van der Waals surface area contributed by atoms with Crippen molar-refractivity contribution in [2.75, 3.05) is 13.2 Å².